The number of aryl methyl sites for hydroxylation is 1. The highest BCUT2D eigenvalue weighted by molar-refractivity contribution is 5.29. The SMILES string of the molecule is Cc1cc(OCc2ccoc2CNCC(C)C)ccc1F. The number of furan rings is 1. The predicted molar refractivity (Wildman–Crippen MR) is 80.7 cm³/mol. The highest BCUT2D eigenvalue weighted by Gasteiger charge is 2.08. The maximum atomic E-state index is 13.2. The third kappa shape index (κ3) is 4.60. The van der Waals surface area contributed by atoms with E-state index in [9.17, 15) is 4.39 Å². The average molecular weight is 291 g/mol. The Balaban J connectivity index is 1.91. The number of hydrogen-bond donors (Lipinski definition) is 1. The van der Waals surface area contributed by atoms with E-state index in [4.69, 9.17) is 9.15 Å². The molecule has 1 aromatic heterocycles. The molecule has 0 aliphatic heterocycles. The molecule has 0 aliphatic carbocycles. The van der Waals surface area contributed by atoms with Crippen LogP contribution in [0, 0.1) is 18.7 Å². The molecule has 2 rings (SSSR count). The molecule has 2 aromatic rings. The Bertz CT molecular complexity index is 578. The van der Waals surface area contributed by atoms with Gasteiger partial charge in [-0.2, -0.15) is 0 Å². The van der Waals surface area contributed by atoms with Gasteiger partial charge < -0.3 is 14.5 Å². The second-order valence-corrected chi connectivity index (χ2v) is 5.59. The summed E-state index contributed by atoms with van der Waals surface area (Å²) in [6.45, 7) is 8.10. The summed E-state index contributed by atoms with van der Waals surface area (Å²) in [6, 6.07) is 6.67. The number of rotatable bonds is 7. The van der Waals surface area contributed by atoms with E-state index in [0.717, 1.165) is 17.9 Å². The van der Waals surface area contributed by atoms with Gasteiger partial charge in [0.25, 0.3) is 0 Å². The normalized spacial score (nSPS) is 11.1. The first kappa shape index (κ1) is 15.6. The fourth-order valence-electron chi connectivity index (χ4n) is 1.99. The highest BCUT2D eigenvalue weighted by atomic mass is 19.1. The molecule has 21 heavy (non-hydrogen) atoms. The maximum Gasteiger partial charge on any atom is 0.126 e. The van der Waals surface area contributed by atoms with Crippen molar-refractivity contribution in [3.63, 3.8) is 0 Å². The molecular weight excluding hydrogens is 269 g/mol. The van der Waals surface area contributed by atoms with Crippen molar-refractivity contribution in [1.29, 1.82) is 0 Å². The average Bonchev–Trinajstić information content (AvgIpc) is 2.87. The number of benzene rings is 1. The molecule has 0 saturated heterocycles. The van der Waals surface area contributed by atoms with E-state index in [1.807, 2.05) is 6.07 Å². The van der Waals surface area contributed by atoms with Gasteiger partial charge in [0.1, 0.15) is 23.9 Å². The molecule has 1 heterocycles. The van der Waals surface area contributed by atoms with Crippen LogP contribution in [0.4, 0.5) is 4.39 Å². The van der Waals surface area contributed by atoms with Crippen molar-refractivity contribution >= 4 is 0 Å². The Morgan fingerprint density at radius 3 is 2.81 bits per heavy atom. The molecule has 0 atom stereocenters. The Morgan fingerprint density at radius 1 is 1.29 bits per heavy atom. The van der Waals surface area contributed by atoms with E-state index >= 15 is 0 Å². The van der Waals surface area contributed by atoms with Gasteiger partial charge in [0, 0.05) is 5.56 Å². The van der Waals surface area contributed by atoms with Gasteiger partial charge in [-0.05, 0) is 49.2 Å². The van der Waals surface area contributed by atoms with E-state index < -0.39 is 0 Å². The van der Waals surface area contributed by atoms with Gasteiger partial charge in [0.15, 0.2) is 0 Å². The van der Waals surface area contributed by atoms with E-state index in [1.165, 1.54) is 6.07 Å². The lowest BCUT2D eigenvalue weighted by molar-refractivity contribution is 0.300. The summed E-state index contributed by atoms with van der Waals surface area (Å²) in [5.74, 6) is 1.93. The van der Waals surface area contributed by atoms with Gasteiger partial charge in [-0.25, -0.2) is 4.39 Å². The van der Waals surface area contributed by atoms with E-state index in [2.05, 4.69) is 19.2 Å². The lowest BCUT2D eigenvalue weighted by Crippen LogP contribution is -2.19. The van der Waals surface area contributed by atoms with Crippen molar-refractivity contribution in [3.8, 4) is 5.75 Å². The topological polar surface area (TPSA) is 34.4 Å². The third-order valence-corrected chi connectivity index (χ3v) is 3.20. The molecule has 1 aromatic carbocycles. The van der Waals surface area contributed by atoms with Crippen LogP contribution >= 0.6 is 0 Å². The van der Waals surface area contributed by atoms with Crippen LogP contribution < -0.4 is 10.1 Å². The van der Waals surface area contributed by atoms with Crippen LogP contribution in [0.15, 0.2) is 34.9 Å². The molecule has 0 aliphatic rings. The van der Waals surface area contributed by atoms with Crippen molar-refractivity contribution in [2.24, 2.45) is 5.92 Å². The molecule has 0 radical (unpaired) electrons. The summed E-state index contributed by atoms with van der Waals surface area (Å²) in [4.78, 5) is 0. The van der Waals surface area contributed by atoms with Crippen LogP contribution in [0.5, 0.6) is 5.75 Å². The molecule has 1 N–H and O–H groups in total. The highest BCUT2D eigenvalue weighted by Crippen LogP contribution is 2.19. The number of halogens is 1. The zero-order valence-electron chi connectivity index (χ0n) is 12.8. The first-order valence-electron chi connectivity index (χ1n) is 7.21. The Hall–Kier alpha value is -1.81. The minimum absolute atomic E-state index is 0.218. The fraction of sp³-hybridized carbons (Fsp3) is 0.412. The van der Waals surface area contributed by atoms with Gasteiger partial charge in [-0.15, -0.1) is 0 Å². The molecule has 0 bridgehead atoms. The first-order chi connectivity index (χ1) is 10.1. The summed E-state index contributed by atoms with van der Waals surface area (Å²) in [6.07, 6.45) is 1.67. The zero-order valence-corrected chi connectivity index (χ0v) is 12.8. The number of ether oxygens (including phenoxy) is 1. The van der Waals surface area contributed by atoms with Gasteiger partial charge in [-0.3, -0.25) is 0 Å². The number of hydrogen-bond acceptors (Lipinski definition) is 3. The van der Waals surface area contributed by atoms with E-state index in [0.29, 0.717) is 30.4 Å². The molecule has 114 valence electrons. The Kier molecular flexibility index (Phi) is 5.39. The second kappa shape index (κ2) is 7.27. The molecular formula is C17H22FNO2. The number of nitrogens with one attached hydrogen (secondary N) is 1. The van der Waals surface area contributed by atoms with Gasteiger partial charge in [-0.1, -0.05) is 13.8 Å². The molecule has 0 unspecified atom stereocenters. The third-order valence-electron chi connectivity index (χ3n) is 3.20. The van der Waals surface area contributed by atoms with Crippen LogP contribution in [-0.2, 0) is 13.2 Å². The fourth-order valence-corrected chi connectivity index (χ4v) is 1.99. The summed E-state index contributed by atoms with van der Waals surface area (Å²) >= 11 is 0. The van der Waals surface area contributed by atoms with Gasteiger partial charge >= 0.3 is 0 Å². The summed E-state index contributed by atoms with van der Waals surface area (Å²) in [7, 11) is 0. The summed E-state index contributed by atoms with van der Waals surface area (Å²) in [5, 5.41) is 3.34. The monoisotopic (exact) mass is 291 g/mol. The maximum absolute atomic E-state index is 13.2. The lowest BCUT2D eigenvalue weighted by Gasteiger charge is -2.09. The van der Waals surface area contributed by atoms with Crippen molar-refractivity contribution in [1.82, 2.24) is 5.32 Å². The minimum Gasteiger partial charge on any atom is -0.489 e. The predicted octanol–water partition coefficient (Wildman–Crippen LogP) is 4.05. The smallest absolute Gasteiger partial charge is 0.126 e. The van der Waals surface area contributed by atoms with Crippen molar-refractivity contribution in [2.45, 2.75) is 33.9 Å². The van der Waals surface area contributed by atoms with Crippen LogP contribution in [0.2, 0.25) is 0 Å². The molecule has 0 saturated carbocycles. The summed E-state index contributed by atoms with van der Waals surface area (Å²) < 4.78 is 24.4. The first-order valence-corrected chi connectivity index (χ1v) is 7.21. The largest absolute Gasteiger partial charge is 0.489 e. The van der Waals surface area contributed by atoms with Crippen LogP contribution in [-0.4, -0.2) is 6.54 Å². The standard InChI is InChI=1S/C17H22FNO2/c1-12(2)9-19-10-17-14(6-7-20-17)11-21-15-4-5-16(18)13(3)8-15/h4-8,12,19H,9-11H2,1-3H3. The second-order valence-electron chi connectivity index (χ2n) is 5.59. The van der Waals surface area contributed by atoms with Gasteiger partial charge in [0.05, 0.1) is 12.8 Å². The molecule has 4 heteroatoms. The minimum atomic E-state index is -0.218. The molecule has 0 spiro atoms. The quantitative estimate of drug-likeness (QED) is 0.835. The van der Waals surface area contributed by atoms with Crippen LogP contribution in [0.3, 0.4) is 0 Å². The van der Waals surface area contributed by atoms with Gasteiger partial charge in [0.2, 0.25) is 0 Å². The zero-order chi connectivity index (χ0) is 15.2. The molecule has 0 fully saturated rings. The molecule has 3 nitrogen and oxygen atoms in total. The molecule has 0 amide bonds. The Morgan fingerprint density at radius 2 is 2.10 bits per heavy atom. The Labute approximate surface area is 125 Å². The van der Waals surface area contributed by atoms with Crippen LogP contribution in [0.25, 0.3) is 0 Å². The van der Waals surface area contributed by atoms with E-state index in [1.54, 1.807) is 25.3 Å². The van der Waals surface area contributed by atoms with Crippen LogP contribution in [0.1, 0.15) is 30.7 Å². The van der Waals surface area contributed by atoms with E-state index in [-0.39, 0.29) is 5.82 Å². The van der Waals surface area contributed by atoms with Crippen molar-refractivity contribution in [3.05, 3.63) is 53.2 Å². The van der Waals surface area contributed by atoms with Crippen molar-refractivity contribution < 1.29 is 13.5 Å². The van der Waals surface area contributed by atoms with Crippen molar-refractivity contribution in [2.75, 3.05) is 6.54 Å². The lowest BCUT2D eigenvalue weighted by atomic mass is 10.2. The summed E-state index contributed by atoms with van der Waals surface area (Å²) in [5.41, 5.74) is 1.59.